The number of pyridine rings is 1. The number of amidine groups is 1. The lowest BCUT2D eigenvalue weighted by Gasteiger charge is -2.29. The van der Waals surface area contributed by atoms with Gasteiger partial charge in [0.25, 0.3) is 0 Å². The molecule has 2 aromatic heterocycles. The van der Waals surface area contributed by atoms with Crippen molar-refractivity contribution in [1.29, 1.82) is 0 Å². The summed E-state index contributed by atoms with van der Waals surface area (Å²) >= 11 is 0. The van der Waals surface area contributed by atoms with Gasteiger partial charge in [-0.25, -0.2) is 9.98 Å². The molecule has 1 aliphatic heterocycles. The summed E-state index contributed by atoms with van der Waals surface area (Å²) < 4.78 is 2.44. The van der Waals surface area contributed by atoms with Crippen molar-refractivity contribution in [2.24, 2.45) is 9.98 Å². The number of benzene rings is 7. The van der Waals surface area contributed by atoms with Crippen LogP contribution >= 0.6 is 0 Å². The predicted octanol–water partition coefficient (Wildman–Crippen LogP) is 14.9. The normalized spacial score (nSPS) is 15.6. The van der Waals surface area contributed by atoms with E-state index in [-0.39, 0.29) is 5.92 Å². The first-order chi connectivity index (χ1) is 32.2. The van der Waals surface area contributed by atoms with Gasteiger partial charge in [-0.15, -0.1) is 0 Å². The lowest BCUT2D eigenvalue weighted by molar-refractivity contribution is 0.794. The van der Waals surface area contributed by atoms with Crippen LogP contribution in [0.5, 0.6) is 0 Å². The summed E-state index contributed by atoms with van der Waals surface area (Å²) in [5.74, 6) is 0.890. The van der Waals surface area contributed by atoms with Crippen molar-refractivity contribution in [3.8, 4) is 33.5 Å². The molecular weight excluding hydrogens is 789 g/mol. The van der Waals surface area contributed by atoms with Gasteiger partial charge in [0.1, 0.15) is 0 Å². The largest absolute Gasteiger partial charge is 0.313 e. The van der Waals surface area contributed by atoms with E-state index in [1.807, 2.05) is 30.5 Å². The molecular formula is C61H44N4. The molecule has 0 fully saturated rings. The van der Waals surface area contributed by atoms with Crippen LogP contribution in [0, 0.1) is 0 Å². The molecule has 0 amide bonds. The van der Waals surface area contributed by atoms with Gasteiger partial charge in [-0.05, 0) is 87.3 Å². The Balaban J connectivity index is 0.899. The number of nitrogens with zero attached hydrogens (tertiary/aromatic N) is 4. The van der Waals surface area contributed by atoms with Crippen LogP contribution in [0.3, 0.4) is 0 Å². The Morgan fingerprint density at radius 2 is 1.25 bits per heavy atom. The molecule has 4 heteroatoms. The van der Waals surface area contributed by atoms with E-state index in [1.54, 1.807) is 0 Å². The summed E-state index contributed by atoms with van der Waals surface area (Å²) in [4.78, 5) is 15.3. The van der Waals surface area contributed by atoms with Crippen molar-refractivity contribution in [2.75, 3.05) is 0 Å². The van der Waals surface area contributed by atoms with Gasteiger partial charge in [-0.2, -0.15) is 0 Å². The maximum Gasteiger partial charge on any atom is 0.160 e. The first-order valence-electron chi connectivity index (χ1n) is 22.5. The third-order valence-corrected chi connectivity index (χ3v) is 13.2. The maximum absolute atomic E-state index is 5.21. The zero-order chi connectivity index (χ0) is 43.1. The number of hydrogen-bond acceptors (Lipinski definition) is 3. The Hall–Kier alpha value is -8.21. The average molecular weight is 833 g/mol. The molecule has 0 spiro atoms. The molecule has 9 aromatic rings. The molecule has 65 heavy (non-hydrogen) atoms. The van der Waals surface area contributed by atoms with Gasteiger partial charge in [0, 0.05) is 58.1 Å². The summed E-state index contributed by atoms with van der Waals surface area (Å²) in [6, 6.07) is 65.8. The van der Waals surface area contributed by atoms with Crippen molar-refractivity contribution in [1.82, 2.24) is 9.55 Å². The van der Waals surface area contributed by atoms with Crippen LogP contribution in [0.15, 0.2) is 235 Å². The summed E-state index contributed by atoms with van der Waals surface area (Å²) in [5.41, 5.74) is 19.8. The van der Waals surface area contributed by atoms with Crippen LogP contribution in [0.1, 0.15) is 52.1 Å². The van der Waals surface area contributed by atoms with Crippen LogP contribution in [-0.4, -0.2) is 21.1 Å². The number of allylic oxidation sites excluding steroid dienone is 7. The second-order valence-electron chi connectivity index (χ2n) is 17.0. The van der Waals surface area contributed by atoms with E-state index >= 15 is 0 Å². The van der Waals surface area contributed by atoms with E-state index in [9.17, 15) is 0 Å². The highest BCUT2D eigenvalue weighted by Crippen LogP contribution is 2.45. The Morgan fingerprint density at radius 1 is 0.492 bits per heavy atom. The number of para-hydroxylation sites is 1. The smallest absolute Gasteiger partial charge is 0.160 e. The van der Waals surface area contributed by atoms with E-state index in [0.717, 1.165) is 52.2 Å². The minimum Gasteiger partial charge on any atom is -0.313 e. The third kappa shape index (κ3) is 7.19. The molecule has 4 nitrogen and oxygen atoms in total. The first-order valence-corrected chi connectivity index (χ1v) is 22.5. The van der Waals surface area contributed by atoms with Gasteiger partial charge < -0.3 is 4.57 Å². The SMILES string of the molecule is C1=CC=C(n2c3ccccc3c3ccc(-c4ccc(C5Cc6ccccc6-c6ccc(-c7cc(C8=CCC(c9ccccc9)=NC(c9ccccc9)=N8)ccn7)cc65)cc4)cc32)CC=C1. The van der Waals surface area contributed by atoms with Crippen molar-refractivity contribution < 1.29 is 0 Å². The number of hydrogen-bond donors (Lipinski definition) is 0. The van der Waals surface area contributed by atoms with Crippen LogP contribution in [-0.2, 0) is 6.42 Å². The van der Waals surface area contributed by atoms with Gasteiger partial charge in [0.2, 0.25) is 0 Å². The number of aromatic nitrogens is 2. The van der Waals surface area contributed by atoms with Gasteiger partial charge in [0.15, 0.2) is 5.84 Å². The molecule has 1 atom stereocenters. The highest BCUT2D eigenvalue weighted by atomic mass is 15.0. The van der Waals surface area contributed by atoms with Gasteiger partial charge in [-0.3, -0.25) is 4.98 Å². The van der Waals surface area contributed by atoms with Crippen molar-refractivity contribution in [3.63, 3.8) is 0 Å². The summed E-state index contributed by atoms with van der Waals surface area (Å²) in [7, 11) is 0. The van der Waals surface area contributed by atoms with E-state index in [2.05, 4.69) is 199 Å². The fourth-order valence-corrected chi connectivity index (χ4v) is 9.95. The molecule has 0 saturated heterocycles. The number of rotatable bonds is 7. The standard InChI is InChI=1S/C61H44N4/c1-2-10-21-49(20-9-1)65-59-24-14-13-23-52(59)53-32-29-45(40-60(53)65)41-25-27-42(28-26-41)54-37-46-19-11-12-22-50(46)51-31-30-47(38-55(51)54)58-39-48(35-36-62-58)57-34-33-56(43-15-5-3-6-16-43)63-61(64-57)44-17-7-4-8-18-44/h1-20,22-32,34-36,38-40,54H,21,33,37H2. The molecule has 0 bridgehead atoms. The Kier molecular flexibility index (Phi) is 9.76. The zero-order valence-corrected chi connectivity index (χ0v) is 35.8. The molecule has 2 aliphatic carbocycles. The molecule has 12 rings (SSSR count). The molecule has 3 heterocycles. The Bertz CT molecular complexity index is 3490. The second kappa shape index (κ2) is 16.5. The van der Waals surface area contributed by atoms with Crippen LogP contribution in [0.2, 0.25) is 0 Å². The Morgan fingerprint density at radius 3 is 2.12 bits per heavy atom. The monoisotopic (exact) mass is 832 g/mol. The average Bonchev–Trinajstić information content (AvgIpc) is 3.57. The van der Waals surface area contributed by atoms with Crippen LogP contribution < -0.4 is 0 Å². The highest BCUT2D eigenvalue weighted by Gasteiger charge is 2.27. The van der Waals surface area contributed by atoms with E-state index < -0.39 is 0 Å². The summed E-state index contributed by atoms with van der Waals surface area (Å²) in [5, 5.41) is 2.55. The summed E-state index contributed by atoms with van der Waals surface area (Å²) in [6.45, 7) is 0. The minimum absolute atomic E-state index is 0.182. The lowest BCUT2D eigenvalue weighted by atomic mass is 9.75. The lowest BCUT2D eigenvalue weighted by Crippen LogP contribution is -2.13. The molecule has 308 valence electrons. The summed E-state index contributed by atoms with van der Waals surface area (Å²) in [6.07, 6.45) is 17.5. The topological polar surface area (TPSA) is 42.5 Å². The van der Waals surface area contributed by atoms with Crippen molar-refractivity contribution in [2.45, 2.75) is 25.2 Å². The fourth-order valence-electron chi connectivity index (χ4n) is 9.95. The quantitative estimate of drug-likeness (QED) is 0.158. The number of aliphatic imine (C=N–C) groups is 2. The minimum atomic E-state index is 0.182. The molecule has 0 N–H and O–H groups in total. The van der Waals surface area contributed by atoms with E-state index in [4.69, 9.17) is 15.0 Å². The fraction of sp³-hybridized carbons (Fsp3) is 0.0656. The van der Waals surface area contributed by atoms with Crippen molar-refractivity contribution >= 4 is 44.7 Å². The Labute approximate surface area is 379 Å². The van der Waals surface area contributed by atoms with Crippen LogP contribution in [0.4, 0.5) is 0 Å². The van der Waals surface area contributed by atoms with Gasteiger partial charge in [0.05, 0.1) is 28.1 Å². The molecule has 1 unspecified atom stereocenters. The van der Waals surface area contributed by atoms with E-state index in [1.165, 1.54) is 66.4 Å². The van der Waals surface area contributed by atoms with Crippen LogP contribution in [0.25, 0.3) is 66.7 Å². The highest BCUT2D eigenvalue weighted by molar-refractivity contribution is 6.15. The first kappa shape index (κ1) is 38.5. The number of fused-ring (bicyclic) bond motifs is 6. The molecule has 0 radical (unpaired) electrons. The van der Waals surface area contributed by atoms with Crippen molar-refractivity contribution in [3.05, 3.63) is 258 Å². The molecule has 7 aromatic carbocycles. The predicted molar refractivity (Wildman–Crippen MR) is 271 cm³/mol. The van der Waals surface area contributed by atoms with E-state index in [0.29, 0.717) is 12.3 Å². The van der Waals surface area contributed by atoms with Gasteiger partial charge >= 0.3 is 0 Å². The zero-order valence-electron chi connectivity index (χ0n) is 35.8. The molecule has 0 saturated carbocycles. The third-order valence-electron chi connectivity index (χ3n) is 13.2. The maximum atomic E-state index is 5.21. The van der Waals surface area contributed by atoms with Gasteiger partial charge in [-0.1, -0.05) is 182 Å². The molecule has 3 aliphatic rings. The second-order valence-corrected chi connectivity index (χ2v) is 17.0.